The Bertz CT molecular complexity index is 1470. The van der Waals surface area contributed by atoms with Crippen LogP contribution in [0.15, 0.2) is 46.1 Å². The number of aromatic nitrogens is 1. The van der Waals surface area contributed by atoms with Crippen molar-refractivity contribution in [1.29, 1.82) is 0 Å². The number of ketones is 1. The van der Waals surface area contributed by atoms with E-state index in [1.54, 1.807) is 25.1 Å². The summed E-state index contributed by atoms with van der Waals surface area (Å²) in [6, 6.07) is 10.4. The van der Waals surface area contributed by atoms with Crippen LogP contribution >= 0.6 is 58.0 Å². The lowest BCUT2D eigenvalue weighted by Crippen LogP contribution is -2.12. The molecule has 0 unspecified atom stereocenters. The molecular weight excluding hydrogens is 714 g/mol. The summed E-state index contributed by atoms with van der Waals surface area (Å²) in [6.45, 7) is 4.25. The molecule has 47 heavy (non-hydrogen) atoms. The summed E-state index contributed by atoms with van der Waals surface area (Å²) in [5.74, 6) is 1.41. The monoisotopic (exact) mass is 750 g/mol. The van der Waals surface area contributed by atoms with E-state index in [0.29, 0.717) is 38.2 Å². The van der Waals surface area contributed by atoms with E-state index < -0.39 is 0 Å². The summed E-state index contributed by atoms with van der Waals surface area (Å²) in [6.07, 6.45) is 6.53. The zero-order valence-corrected chi connectivity index (χ0v) is 28.2. The predicted octanol–water partition coefficient (Wildman–Crippen LogP) is 10.5. The number of esters is 1. The van der Waals surface area contributed by atoms with E-state index in [-0.39, 0.29) is 50.3 Å². The van der Waals surface area contributed by atoms with Crippen molar-refractivity contribution in [1.82, 2.24) is 5.16 Å². The van der Waals surface area contributed by atoms with Gasteiger partial charge in [0.05, 0.1) is 32.3 Å². The Kier molecular flexibility index (Phi) is 21.2. The molecule has 1 N–H and O–H groups in total. The van der Waals surface area contributed by atoms with Gasteiger partial charge in [-0.25, -0.2) is 0 Å². The molecule has 2 aliphatic rings. The molecule has 0 spiro atoms. The smallest absolute Gasteiger partial charge is 0.373 e. The lowest BCUT2D eigenvalue weighted by atomic mass is 10.0. The Morgan fingerprint density at radius 2 is 1.47 bits per heavy atom. The molecule has 0 atom stereocenters. The Morgan fingerprint density at radius 1 is 0.957 bits per heavy atom. The van der Waals surface area contributed by atoms with Crippen LogP contribution in [0.1, 0.15) is 90.0 Å². The fourth-order valence-corrected chi connectivity index (χ4v) is 5.50. The van der Waals surface area contributed by atoms with Gasteiger partial charge in [0.15, 0.2) is 5.17 Å². The molecule has 9 nitrogen and oxygen atoms in total. The highest BCUT2D eigenvalue weighted by atomic mass is 35.5. The molecule has 14 heteroatoms. The van der Waals surface area contributed by atoms with Gasteiger partial charge >= 0.3 is 12.1 Å². The molecular formula is C33H39Cl5N2O7. The molecule has 0 bridgehead atoms. The number of halogens is 5. The average Bonchev–Trinajstić information content (AvgIpc) is 3.93. The van der Waals surface area contributed by atoms with E-state index in [1.807, 2.05) is 18.2 Å². The van der Waals surface area contributed by atoms with E-state index in [0.717, 1.165) is 42.7 Å². The topological polar surface area (TPSA) is 136 Å². The van der Waals surface area contributed by atoms with Crippen molar-refractivity contribution >= 4 is 81.1 Å². The number of nitrogens with zero attached hydrogens (tertiary/aromatic N) is 2. The summed E-state index contributed by atoms with van der Waals surface area (Å²) in [4.78, 5) is 38.0. The number of carbonyl (C=O) groups is 2. The van der Waals surface area contributed by atoms with Crippen LogP contribution in [0.4, 0.5) is 0 Å². The number of rotatable bonds is 9. The van der Waals surface area contributed by atoms with Crippen molar-refractivity contribution in [3.8, 4) is 11.3 Å². The number of carbonyl (C=O) groups excluding carboxylic acids is 4. The van der Waals surface area contributed by atoms with Crippen LogP contribution in [-0.2, 0) is 30.3 Å². The molecule has 5 rings (SSSR count). The standard InChI is InChI=1S/C15H15Cl2NO.C8H12O3.C7H4Cl3NO.CO2.2CH4/c1-2-4-10-14(18-19-15(10)9-7-8-9)13-11(16)5-3-6-12(13)17;1-2-11-8(10)5-7(9)6-3-4-6;8-4-2-1-3-5(9)6(4)7(10)11-12;2-1-3;;/h3,5-6,9H,2,4,7-8H2,1H3;6H,2-5H2,1H3;1-3,12H;;2*1H4/b;;11-7-;;;. The van der Waals surface area contributed by atoms with Crippen LogP contribution in [0.5, 0.6) is 0 Å². The van der Waals surface area contributed by atoms with Crippen molar-refractivity contribution in [2.75, 3.05) is 6.61 Å². The van der Waals surface area contributed by atoms with Gasteiger partial charge in [-0.2, -0.15) is 9.59 Å². The predicted molar refractivity (Wildman–Crippen MR) is 186 cm³/mol. The number of hydrogen-bond donors (Lipinski definition) is 1. The van der Waals surface area contributed by atoms with Gasteiger partial charge in [0.1, 0.15) is 23.7 Å². The summed E-state index contributed by atoms with van der Waals surface area (Å²) in [5.41, 5.74) is 3.13. The van der Waals surface area contributed by atoms with Gasteiger partial charge in [0.25, 0.3) is 0 Å². The van der Waals surface area contributed by atoms with Gasteiger partial charge < -0.3 is 14.5 Å². The third-order valence-corrected chi connectivity index (χ3v) is 7.90. The molecule has 0 amide bonds. The number of ether oxygens (including phenoxy) is 1. The number of hydrogen-bond acceptors (Lipinski definition) is 9. The van der Waals surface area contributed by atoms with E-state index in [9.17, 15) is 9.59 Å². The second-order valence-electron chi connectivity index (χ2n) is 9.79. The van der Waals surface area contributed by atoms with Gasteiger partial charge in [-0.15, -0.1) is 0 Å². The van der Waals surface area contributed by atoms with Crippen LogP contribution in [0, 0.1) is 5.92 Å². The number of benzene rings is 2. The molecule has 0 radical (unpaired) electrons. The van der Waals surface area contributed by atoms with Crippen LogP contribution < -0.4 is 0 Å². The number of Topliss-reactive ketones (excluding diaryl/α,β-unsaturated/α-hetero) is 1. The van der Waals surface area contributed by atoms with Gasteiger partial charge in [-0.3, -0.25) is 9.59 Å². The second kappa shape index (κ2) is 22.6. The van der Waals surface area contributed by atoms with E-state index in [4.69, 9.17) is 77.3 Å². The summed E-state index contributed by atoms with van der Waals surface area (Å²) >= 11 is 29.6. The zero-order chi connectivity index (χ0) is 33.5. The third kappa shape index (κ3) is 14.0. The van der Waals surface area contributed by atoms with Crippen LogP contribution in [0.25, 0.3) is 11.3 Å². The largest absolute Gasteiger partial charge is 0.466 e. The quantitative estimate of drug-likeness (QED) is 0.0750. The molecule has 2 aliphatic carbocycles. The SMILES string of the molecule is C.C.CCCc1c(-c2c(Cl)cccc2Cl)noc1C1CC1.CCOC(=O)CC(=O)C1CC1.O/N=C(\Cl)c1c(Cl)cccc1Cl.O=C=O. The lowest BCUT2D eigenvalue weighted by Gasteiger charge is -2.06. The molecule has 0 saturated heterocycles. The van der Waals surface area contributed by atoms with E-state index >= 15 is 0 Å². The molecule has 3 aromatic rings. The average molecular weight is 753 g/mol. The maximum atomic E-state index is 11.0. The summed E-state index contributed by atoms with van der Waals surface area (Å²) < 4.78 is 10.2. The van der Waals surface area contributed by atoms with Crippen LogP contribution in [0.2, 0.25) is 20.1 Å². The molecule has 0 aliphatic heterocycles. The second-order valence-corrected chi connectivity index (χ2v) is 11.8. The molecule has 2 aromatic carbocycles. The van der Waals surface area contributed by atoms with E-state index in [2.05, 4.69) is 22.0 Å². The summed E-state index contributed by atoms with van der Waals surface area (Å²) in [5, 5.41) is 17.2. The van der Waals surface area contributed by atoms with Gasteiger partial charge in [-0.1, -0.05) is 109 Å². The fourth-order valence-electron chi connectivity index (χ4n) is 4.05. The molecule has 2 fully saturated rings. The normalized spacial score (nSPS) is 13.0. The van der Waals surface area contributed by atoms with Crippen molar-refractivity contribution < 1.29 is 33.6 Å². The van der Waals surface area contributed by atoms with Gasteiger partial charge in [-0.05, 0) is 63.3 Å². The Balaban J connectivity index is 0.000000664. The van der Waals surface area contributed by atoms with Crippen LogP contribution in [-0.4, -0.2) is 40.0 Å². The first-order chi connectivity index (χ1) is 21.5. The minimum Gasteiger partial charge on any atom is -0.466 e. The van der Waals surface area contributed by atoms with E-state index in [1.165, 1.54) is 18.4 Å². The first-order valence-corrected chi connectivity index (χ1v) is 15.9. The number of oxime groups is 1. The maximum absolute atomic E-state index is 11.0. The zero-order valence-electron chi connectivity index (χ0n) is 24.5. The van der Waals surface area contributed by atoms with Crippen molar-refractivity contribution in [2.24, 2.45) is 11.1 Å². The van der Waals surface area contributed by atoms with Crippen molar-refractivity contribution in [2.45, 2.75) is 79.6 Å². The maximum Gasteiger partial charge on any atom is 0.373 e. The molecule has 1 heterocycles. The fraction of sp³-hybridized carbons (Fsp3) is 0.424. The van der Waals surface area contributed by atoms with Crippen LogP contribution in [0.3, 0.4) is 0 Å². The minimum absolute atomic E-state index is 0. The highest BCUT2D eigenvalue weighted by Gasteiger charge is 2.33. The first kappa shape index (κ1) is 44.1. The van der Waals surface area contributed by atoms with Crippen molar-refractivity contribution in [3.63, 3.8) is 0 Å². The lowest BCUT2D eigenvalue weighted by molar-refractivity contribution is -0.191. The minimum atomic E-state index is -0.385. The first-order valence-electron chi connectivity index (χ1n) is 14.0. The summed E-state index contributed by atoms with van der Waals surface area (Å²) in [7, 11) is 0. The Labute approximate surface area is 300 Å². The molecule has 2 saturated carbocycles. The van der Waals surface area contributed by atoms with Crippen molar-refractivity contribution in [3.05, 3.63) is 73.4 Å². The Hall–Kier alpha value is -2.91. The van der Waals surface area contributed by atoms with Gasteiger partial charge in [0.2, 0.25) is 0 Å². The Morgan fingerprint density at radius 3 is 1.89 bits per heavy atom. The highest BCUT2D eigenvalue weighted by molar-refractivity contribution is 6.71. The molecule has 258 valence electrons. The molecule has 1 aromatic heterocycles. The third-order valence-electron chi connectivity index (χ3n) is 6.38. The van der Waals surface area contributed by atoms with Gasteiger partial charge in [0, 0.05) is 23.0 Å². The highest BCUT2D eigenvalue weighted by Crippen LogP contribution is 2.46.